The quantitative estimate of drug-likeness (QED) is 0.771. The van der Waals surface area contributed by atoms with Gasteiger partial charge in [-0.3, -0.25) is 4.79 Å². The first-order chi connectivity index (χ1) is 12.1. The molecule has 1 aromatic rings. The molecule has 0 bridgehead atoms. The maximum Gasteiger partial charge on any atom is 0.407 e. The van der Waals surface area contributed by atoms with Crippen molar-refractivity contribution in [3.05, 3.63) is 42.5 Å². The fraction of sp³-hybridized carbons (Fsp3) is 0.474. The number of ether oxygens (including phenoxy) is 2. The third-order valence-corrected chi connectivity index (χ3v) is 4.09. The highest BCUT2D eigenvalue weighted by atomic mass is 16.5. The number of hydrogen-bond donors (Lipinski definition) is 1. The van der Waals surface area contributed by atoms with Crippen LogP contribution in [-0.2, 0) is 16.0 Å². The molecule has 1 heterocycles. The molecule has 1 aliphatic heterocycles. The molecule has 0 aliphatic carbocycles. The highest BCUT2D eigenvalue weighted by Gasteiger charge is 2.24. The number of benzene rings is 1. The summed E-state index contributed by atoms with van der Waals surface area (Å²) in [5.74, 6) is 0.922. The highest BCUT2D eigenvalue weighted by Crippen LogP contribution is 2.15. The Balaban J connectivity index is 1.75. The van der Waals surface area contributed by atoms with Crippen LogP contribution in [0.25, 0.3) is 0 Å². The van der Waals surface area contributed by atoms with E-state index in [1.807, 2.05) is 36.1 Å². The largest absolute Gasteiger partial charge is 0.494 e. The smallest absolute Gasteiger partial charge is 0.407 e. The van der Waals surface area contributed by atoms with Gasteiger partial charge < -0.3 is 19.7 Å². The van der Waals surface area contributed by atoms with Crippen LogP contribution in [0.3, 0.4) is 0 Å². The molecular formula is C19H26N2O4. The van der Waals surface area contributed by atoms with E-state index in [9.17, 15) is 9.59 Å². The van der Waals surface area contributed by atoms with Crippen molar-refractivity contribution in [3.63, 3.8) is 0 Å². The summed E-state index contributed by atoms with van der Waals surface area (Å²) in [6, 6.07) is 7.67. The summed E-state index contributed by atoms with van der Waals surface area (Å²) >= 11 is 0. The Kier molecular flexibility index (Phi) is 7.32. The Morgan fingerprint density at radius 3 is 2.56 bits per heavy atom. The summed E-state index contributed by atoms with van der Waals surface area (Å²) in [6.07, 6.45) is 2.95. The first kappa shape index (κ1) is 18.8. The number of hydrogen-bond acceptors (Lipinski definition) is 4. The Labute approximate surface area is 148 Å². The standard InChI is InChI=1S/C19H26N2O4/c1-3-13-25-19(23)20-16-9-11-21(12-10-16)18(22)14-15-5-7-17(8-6-15)24-4-2/h3,5-8,16H,1,4,9-14H2,2H3,(H,20,23). The molecular weight excluding hydrogens is 320 g/mol. The van der Waals surface area contributed by atoms with Crippen molar-refractivity contribution >= 4 is 12.0 Å². The van der Waals surface area contributed by atoms with Gasteiger partial charge in [0.05, 0.1) is 13.0 Å². The molecule has 1 saturated heterocycles. The number of alkyl carbamates (subject to hydrolysis) is 1. The molecule has 0 radical (unpaired) electrons. The van der Waals surface area contributed by atoms with Crippen LogP contribution in [0.5, 0.6) is 5.75 Å². The maximum absolute atomic E-state index is 12.4. The summed E-state index contributed by atoms with van der Waals surface area (Å²) in [5, 5.41) is 2.82. The van der Waals surface area contributed by atoms with Crippen LogP contribution in [-0.4, -0.2) is 49.2 Å². The third-order valence-electron chi connectivity index (χ3n) is 4.09. The molecule has 2 rings (SSSR count). The predicted octanol–water partition coefficient (Wildman–Crippen LogP) is 2.53. The molecule has 0 saturated carbocycles. The number of piperidine rings is 1. The van der Waals surface area contributed by atoms with Crippen LogP contribution in [0.1, 0.15) is 25.3 Å². The molecule has 1 N–H and O–H groups in total. The van der Waals surface area contributed by atoms with E-state index in [0.29, 0.717) is 26.1 Å². The molecule has 0 unspecified atom stereocenters. The highest BCUT2D eigenvalue weighted by molar-refractivity contribution is 5.79. The second kappa shape index (κ2) is 9.71. The number of rotatable bonds is 7. The lowest BCUT2D eigenvalue weighted by Crippen LogP contribution is -2.47. The Bertz CT molecular complexity index is 578. The van der Waals surface area contributed by atoms with Gasteiger partial charge in [-0.05, 0) is 37.5 Å². The van der Waals surface area contributed by atoms with Gasteiger partial charge >= 0.3 is 6.09 Å². The van der Waals surface area contributed by atoms with Crippen molar-refractivity contribution in [1.29, 1.82) is 0 Å². The zero-order chi connectivity index (χ0) is 18.1. The summed E-state index contributed by atoms with van der Waals surface area (Å²) in [7, 11) is 0. The fourth-order valence-corrected chi connectivity index (χ4v) is 2.77. The van der Waals surface area contributed by atoms with Gasteiger partial charge in [0, 0.05) is 19.1 Å². The van der Waals surface area contributed by atoms with Gasteiger partial charge in [-0.2, -0.15) is 0 Å². The molecule has 25 heavy (non-hydrogen) atoms. The molecule has 0 atom stereocenters. The lowest BCUT2D eigenvalue weighted by Gasteiger charge is -2.32. The van der Waals surface area contributed by atoms with E-state index in [4.69, 9.17) is 9.47 Å². The monoisotopic (exact) mass is 346 g/mol. The summed E-state index contributed by atoms with van der Waals surface area (Å²) < 4.78 is 10.3. The maximum atomic E-state index is 12.4. The van der Waals surface area contributed by atoms with Crippen LogP contribution >= 0.6 is 0 Å². The van der Waals surface area contributed by atoms with E-state index >= 15 is 0 Å². The molecule has 1 fully saturated rings. The molecule has 2 amide bonds. The normalized spacial score (nSPS) is 14.7. The molecule has 0 spiro atoms. The summed E-state index contributed by atoms with van der Waals surface area (Å²) in [5.41, 5.74) is 0.974. The van der Waals surface area contributed by atoms with Gasteiger partial charge in [-0.15, -0.1) is 0 Å². The summed E-state index contributed by atoms with van der Waals surface area (Å²) in [6.45, 7) is 7.55. The SMILES string of the molecule is C=CCOC(=O)NC1CCN(C(=O)Cc2ccc(OCC)cc2)CC1. The van der Waals surface area contributed by atoms with Gasteiger partial charge in [0.15, 0.2) is 0 Å². The van der Waals surface area contributed by atoms with Gasteiger partial charge in [-0.25, -0.2) is 4.79 Å². The van der Waals surface area contributed by atoms with E-state index in [0.717, 1.165) is 24.2 Å². The van der Waals surface area contributed by atoms with E-state index in [2.05, 4.69) is 11.9 Å². The van der Waals surface area contributed by atoms with Gasteiger partial charge in [0.2, 0.25) is 5.91 Å². The Morgan fingerprint density at radius 2 is 1.96 bits per heavy atom. The van der Waals surface area contributed by atoms with E-state index in [1.54, 1.807) is 0 Å². The Morgan fingerprint density at radius 1 is 1.28 bits per heavy atom. The number of nitrogens with zero attached hydrogens (tertiary/aromatic N) is 1. The van der Waals surface area contributed by atoms with Crippen molar-refractivity contribution in [2.45, 2.75) is 32.2 Å². The number of carbonyl (C=O) groups is 2. The van der Waals surface area contributed by atoms with E-state index in [-0.39, 0.29) is 18.6 Å². The topological polar surface area (TPSA) is 67.9 Å². The lowest BCUT2D eigenvalue weighted by molar-refractivity contribution is -0.131. The zero-order valence-electron chi connectivity index (χ0n) is 14.7. The number of carbonyl (C=O) groups excluding carboxylic acids is 2. The van der Waals surface area contributed by atoms with Gasteiger partial charge in [0.25, 0.3) is 0 Å². The minimum atomic E-state index is -0.431. The van der Waals surface area contributed by atoms with Crippen molar-refractivity contribution in [1.82, 2.24) is 10.2 Å². The van der Waals surface area contributed by atoms with Crippen molar-refractivity contribution in [2.75, 3.05) is 26.3 Å². The fourth-order valence-electron chi connectivity index (χ4n) is 2.77. The van der Waals surface area contributed by atoms with Crippen LogP contribution < -0.4 is 10.1 Å². The second-order valence-corrected chi connectivity index (χ2v) is 5.94. The third kappa shape index (κ3) is 6.14. The van der Waals surface area contributed by atoms with Crippen molar-refractivity contribution in [3.8, 4) is 5.75 Å². The van der Waals surface area contributed by atoms with E-state index < -0.39 is 6.09 Å². The van der Waals surface area contributed by atoms with Crippen molar-refractivity contribution in [2.24, 2.45) is 0 Å². The molecule has 136 valence electrons. The average Bonchev–Trinajstić information content (AvgIpc) is 2.62. The first-order valence-corrected chi connectivity index (χ1v) is 8.66. The number of likely N-dealkylation sites (tertiary alicyclic amines) is 1. The lowest BCUT2D eigenvalue weighted by atomic mass is 10.0. The molecule has 6 heteroatoms. The predicted molar refractivity (Wildman–Crippen MR) is 95.6 cm³/mol. The molecule has 1 aromatic carbocycles. The minimum Gasteiger partial charge on any atom is -0.494 e. The second-order valence-electron chi connectivity index (χ2n) is 5.94. The Hall–Kier alpha value is -2.50. The molecule has 1 aliphatic rings. The van der Waals surface area contributed by atoms with Crippen LogP contribution in [0, 0.1) is 0 Å². The molecule has 0 aromatic heterocycles. The van der Waals surface area contributed by atoms with Crippen LogP contribution in [0.4, 0.5) is 4.79 Å². The van der Waals surface area contributed by atoms with Gasteiger partial charge in [0.1, 0.15) is 12.4 Å². The van der Waals surface area contributed by atoms with Crippen LogP contribution in [0.15, 0.2) is 36.9 Å². The zero-order valence-corrected chi connectivity index (χ0v) is 14.7. The first-order valence-electron chi connectivity index (χ1n) is 8.66. The number of amides is 2. The van der Waals surface area contributed by atoms with Crippen molar-refractivity contribution < 1.29 is 19.1 Å². The summed E-state index contributed by atoms with van der Waals surface area (Å²) in [4.78, 5) is 25.8. The average molecular weight is 346 g/mol. The number of nitrogens with one attached hydrogen (secondary N) is 1. The van der Waals surface area contributed by atoms with Crippen LogP contribution in [0.2, 0.25) is 0 Å². The molecule has 6 nitrogen and oxygen atoms in total. The van der Waals surface area contributed by atoms with Gasteiger partial charge in [-0.1, -0.05) is 24.8 Å². The minimum absolute atomic E-state index is 0.0480. The van der Waals surface area contributed by atoms with E-state index in [1.165, 1.54) is 6.08 Å².